The third-order valence-corrected chi connectivity index (χ3v) is 5.56. The number of non-ortho nitro benzene ring substituents is 1. The zero-order chi connectivity index (χ0) is 22.2. The van der Waals surface area contributed by atoms with E-state index in [2.05, 4.69) is 23.7 Å². The summed E-state index contributed by atoms with van der Waals surface area (Å²) < 4.78 is 0. The third-order valence-electron chi connectivity index (χ3n) is 5.56. The second-order valence-corrected chi connectivity index (χ2v) is 7.92. The molecule has 3 rings (SSSR count). The highest BCUT2D eigenvalue weighted by Crippen LogP contribution is 2.33. The van der Waals surface area contributed by atoms with E-state index < -0.39 is 11.0 Å². The first-order valence-electron chi connectivity index (χ1n) is 11.1. The number of hydrogen-bond donors (Lipinski definition) is 1. The van der Waals surface area contributed by atoms with Crippen LogP contribution in [0.5, 0.6) is 0 Å². The number of para-hydroxylation sites is 1. The first-order chi connectivity index (χ1) is 15.0. The normalized spacial score (nSPS) is 12.4. The van der Waals surface area contributed by atoms with Crippen LogP contribution in [-0.4, -0.2) is 39.5 Å². The summed E-state index contributed by atoms with van der Waals surface area (Å²) in [5, 5.41) is 23.5. The van der Waals surface area contributed by atoms with E-state index in [0.29, 0.717) is 28.7 Å². The van der Waals surface area contributed by atoms with E-state index in [4.69, 9.17) is 0 Å². The molecule has 164 valence electrons. The molecule has 0 spiro atoms. The summed E-state index contributed by atoms with van der Waals surface area (Å²) in [6, 6.07) is 16.4. The molecule has 1 N–H and O–H groups in total. The number of benzene rings is 2. The van der Waals surface area contributed by atoms with Gasteiger partial charge < -0.3 is 10.0 Å². The number of nitro benzene ring substituents is 1. The average Bonchev–Trinajstić information content (AvgIpc) is 2.79. The topological polar surface area (TPSA) is 79.5 Å². The third kappa shape index (κ3) is 5.66. The maximum Gasteiger partial charge on any atom is 0.295 e. The Morgan fingerprint density at radius 3 is 2.32 bits per heavy atom. The van der Waals surface area contributed by atoms with Gasteiger partial charge in [-0.2, -0.15) is 0 Å². The maximum atomic E-state index is 11.7. The van der Waals surface area contributed by atoms with Gasteiger partial charge in [0.1, 0.15) is 5.52 Å². The van der Waals surface area contributed by atoms with Gasteiger partial charge in [-0.05, 0) is 37.6 Å². The van der Waals surface area contributed by atoms with Crippen LogP contribution < -0.4 is 0 Å². The van der Waals surface area contributed by atoms with Gasteiger partial charge in [-0.15, -0.1) is 0 Å². The van der Waals surface area contributed by atoms with Gasteiger partial charge in [0.05, 0.1) is 16.7 Å². The predicted molar refractivity (Wildman–Crippen MR) is 125 cm³/mol. The molecule has 0 saturated heterocycles. The Bertz CT molecular complexity index is 1000. The molecule has 0 fully saturated rings. The van der Waals surface area contributed by atoms with Crippen molar-refractivity contribution in [2.24, 2.45) is 0 Å². The van der Waals surface area contributed by atoms with Crippen LogP contribution in [0, 0.1) is 10.1 Å². The number of aliphatic hydroxyl groups excluding tert-OH is 1. The molecular formula is C25H31N3O3. The molecule has 6 heteroatoms. The average molecular weight is 422 g/mol. The first kappa shape index (κ1) is 22.8. The summed E-state index contributed by atoms with van der Waals surface area (Å²) in [7, 11) is 0. The molecule has 1 atom stereocenters. The summed E-state index contributed by atoms with van der Waals surface area (Å²) >= 11 is 0. The van der Waals surface area contributed by atoms with Crippen LogP contribution in [0.25, 0.3) is 22.2 Å². The monoisotopic (exact) mass is 421 g/mol. The number of aromatic nitrogens is 1. The van der Waals surface area contributed by atoms with E-state index in [9.17, 15) is 15.2 Å². The lowest BCUT2D eigenvalue weighted by atomic mass is 9.99. The Morgan fingerprint density at radius 2 is 1.71 bits per heavy atom. The van der Waals surface area contributed by atoms with E-state index in [-0.39, 0.29) is 5.69 Å². The first-order valence-corrected chi connectivity index (χ1v) is 11.1. The molecule has 0 amide bonds. The number of fused-ring (bicyclic) bond motifs is 1. The van der Waals surface area contributed by atoms with E-state index >= 15 is 0 Å². The Labute approximate surface area is 183 Å². The minimum atomic E-state index is -0.760. The molecule has 0 aliphatic heterocycles. The molecule has 31 heavy (non-hydrogen) atoms. The summed E-state index contributed by atoms with van der Waals surface area (Å²) in [6.07, 6.45) is 3.59. The summed E-state index contributed by atoms with van der Waals surface area (Å²) in [5.41, 5.74) is 2.45. The summed E-state index contributed by atoms with van der Waals surface area (Å²) in [6.45, 7) is 6.69. The molecule has 0 saturated carbocycles. The highest BCUT2D eigenvalue weighted by atomic mass is 16.6. The van der Waals surface area contributed by atoms with Crippen molar-refractivity contribution < 1.29 is 10.0 Å². The summed E-state index contributed by atoms with van der Waals surface area (Å²) in [5.74, 6) is 0. The van der Waals surface area contributed by atoms with Gasteiger partial charge in [0, 0.05) is 23.6 Å². The van der Waals surface area contributed by atoms with Crippen molar-refractivity contribution >= 4 is 16.6 Å². The minimum absolute atomic E-state index is 0.0439. The molecule has 1 aromatic heterocycles. The lowest BCUT2D eigenvalue weighted by Crippen LogP contribution is -2.31. The lowest BCUT2D eigenvalue weighted by molar-refractivity contribution is -0.383. The van der Waals surface area contributed by atoms with E-state index in [1.54, 1.807) is 6.07 Å². The standard InChI is InChI=1S/C25H31N3O3/c1-3-5-15-27(16-6-4-2)18-24(29)21-17-22(19-11-8-7-9-12-19)26-25-20(21)13-10-14-23(25)28(30)31/h7-14,17,24,29H,3-6,15-16,18H2,1-2H3. The fraction of sp³-hybridized carbons (Fsp3) is 0.400. The lowest BCUT2D eigenvalue weighted by Gasteiger charge is -2.26. The van der Waals surface area contributed by atoms with Gasteiger partial charge in [0.15, 0.2) is 0 Å². The van der Waals surface area contributed by atoms with Crippen LogP contribution in [0.15, 0.2) is 54.6 Å². The Kier molecular flexibility index (Phi) is 8.09. The molecule has 1 unspecified atom stereocenters. The number of unbranched alkanes of at least 4 members (excludes halogenated alkanes) is 2. The number of pyridine rings is 1. The molecule has 3 aromatic rings. The van der Waals surface area contributed by atoms with Crippen LogP contribution in [0.1, 0.15) is 51.2 Å². The quantitative estimate of drug-likeness (QED) is 0.315. The highest BCUT2D eigenvalue weighted by Gasteiger charge is 2.22. The Morgan fingerprint density at radius 1 is 1.03 bits per heavy atom. The molecule has 0 aliphatic carbocycles. The Balaban J connectivity index is 2.06. The SMILES string of the molecule is CCCCN(CCCC)CC(O)c1cc(-c2ccccc2)nc2c([N+](=O)[O-])cccc12. The van der Waals surface area contributed by atoms with Crippen molar-refractivity contribution in [2.75, 3.05) is 19.6 Å². The second kappa shape index (κ2) is 11.0. The van der Waals surface area contributed by atoms with E-state index in [1.807, 2.05) is 42.5 Å². The van der Waals surface area contributed by atoms with Crippen molar-refractivity contribution in [3.63, 3.8) is 0 Å². The summed E-state index contributed by atoms with van der Waals surface area (Å²) in [4.78, 5) is 18.2. The van der Waals surface area contributed by atoms with Crippen LogP contribution in [0.4, 0.5) is 5.69 Å². The Hall–Kier alpha value is -2.83. The van der Waals surface area contributed by atoms with Gasteiger partial charge in [0.2, 0.25) is 0 Å². The molecule has 2 aromatic carbocycles. The van der Waals surface area contributed by atoms with Gasteiger partial charge in [0.25, 0.3) is 5.69 Å². The number of aliphatic hydroxyl groups is 1. The minimum Gasteiger partial charge on any atom is -0.387 e. The predicted octanol–water partition coefficient (Wildman–Crippen LogP) is 5.75. The van der Waals surface area contributed by atoms with Crippen molar-refractivity contribution in [3.8, 4) is 11.3 Å². The van der Waals surface area contributed by atoms with Crippen molar-refractivity contribution in [1.82, 2.24) is 9.88 Å². The van der Waals surface area contributed by atoms with Crippen molar-refractivity contribution in [3.05, 3.63) is 70.3 Å². The zero-order valence-electron chi connectivity index (χ0n) is 18.3. The fourth-order valence-corrected chi connectivity index (χ4v) is 3.84. The molecular weight excluding hydrogens is 390 g/mol. The van der Waals surface area contributed by atoms with Gasteiger partial charge in [-0.1, -0.05) is 69.2 Å². The van der Waals surface area contributed by atoms with Crippen LogP contribution >= 0.6 is 0 Å². The molecule has 0 radical (unpaired) electrons. The van der Waals surface area contributed by atoms with Crippen molar-refractivity contribution in [1.29, 1.82) is 0 Å². The van der Waals surface area contributed by atoms with Crippen LogP contribution in [0.3, 0.4) is 0 Å². The molecule has 0 aliphatic rings. The van der Waals surface area contributed by atoms with Gasteiger partial charge in [-0.25, -0.2) is 4.98 Å². The molecule has 1 heterocycles. The zero-order valence-corrected chi connectivity index (χ0v) is 18.3. The van der Waals surface area contributed by atoms with Crippen LogP contribution in [-0.2, 0) is 0 Å². The van der Waals surface area contributed by atoms with E-state index in [0.717, 1.165) is 44.3 Å². The number of rotatable bonds is 11. The van der Waals surface area contributed by atoms with Crippen LogP contribution in [0.2, 0.25) is 0 Å². The van der Waals surface area contributed by atoms with Crippen molar-refractivity contribution in [2.45, 2.75) is 45.6 Å². The number of hydrogen-bond acceptors (Lipinski definition) is 5. The maximum absolute atomic E-state index is 11.7. The molecule has 6 nitrogen and oxygen atoms in total. The van der Waals surface area contributed by atoms with E-state index in [1.165, 1.54) is 6.07 Å². The second-order valence-electron chi connectivity index (χ2n) is 7.92. The highest BCUT2D eigenvalue weighted by molar-refractivity contribution is 5.92. The largest absolute Gasteiger partial charge is 0.387 e. The molecule has 0 bridgehead atoms. The smallest absolute Gasteiger partial charge is 0.295 e. The van der Waals surface area contributed by atoms with Gasteiger partial charge in [-0.3, -0.25) is 10.1 Å². The fourth-order valence-electron chi connectivity index (χ4n) is 3.84. The van der Waals surface area contributed by atoms with Gasteiger partial charge >= 0.3 is 0 Å². The number of nitrogens with zero attached hydrogens (tertiary/aromatic N) is 3. The number of nitro groups is 1.